The largest absolute Gasteiger partial charge is 0.340 e. The highest BCUT2D eigenvalue weighted by Gasteiger charge is 2.17. The van der Waals surface area contributed by atoms with Crippen LogP contribution < -0.4 is 10.6 Å². The number of halogens is 1. The SMILES string of the molecule is Cn1c(C(=O)Nc2ccccc2C(=O)Nc2ccc(F)cc2)cc2ccccc21. The quantitative estimate of drug-likeness (QED) is 0.527. The molecule has 2 amide bonds. The molecule has 2 N–H and O–H groups in total. The zero-order valence-corrected chi connectivity index (χ0v) is 15.6. The Hall–Kier alpha value is -3.93. The van der Waals surface area contributed by atoms with Gasteiger partial charge < -0.3 is 15.2 Å². The molecule has 0 fully saturated rings. The fourth-order valence-corrected chi connectivity index (χ4v) is 3.21. The van der Waals surface area contributed by atoms with Gasteiger partial charge in [-0.25, -0.2) is 4.39 Å². The highest BCUT2D eigenvalue weighted by Crippen LogP contribution is 2.22. The predicted molar refractivity (Wildman–Crippen MR) is 112 cm³/mol. The Morgan fingerprint density at radius 1 is 0.828 bits per heavy atom. The second kappa shape index (κ2) is 7.59. The second-order valence-corrected chi connectivity index (χ2v) is 6.61. The van der Waals surface area contributed by atoms with E-state index in [2.05, 4.69) is 10.6 Å². The number of aryl methyl sites for hydroxylation is 1. The summed E-state index contributed by atoms with van der Waals surface area (Å²) in [6.45, 7) is 0. The molecular formula is C23H18FN3O2. The van der Waals surface area contributed by atoms with Crippen LogP contribution >= 0.6 is 0 Å². The molecule has 144 valence electrons. The summed E-state index contributed by atoms with van der Waals surface area (Å²) in [6, 6.07) is 21.8. The molecule has 5 nitrogen and oxygen atoms in total. The van der Waals surface area contributed by atoms with Gasteiger partial charge in [-0.05, 0) is 48.5 Å². The molecule has 0 unspecified atom stereocenters. The van der Waals surface area contributed by atoms with Crippen molar-refractivity contribution in [1.82, 2.24) is 4.57 Å². The smallest absolute Gasteiger partial charge is 0.272 e. The number of aromatic nitrogens is 1. The van der Waals surface area contributed by atoms with Crippen molar-refractivity contribution in [2.75, 3.05) is 10.6 Å². The average Bonchev–Trinajstić information content (AvgIpc) is 3.07. The fraction of sp³-hybridized carbons (Fsp3) is 0.0435. The first-order valence-corrected chi connectivity index (χ1v) is 9.05. The highest BCUT2D eigenvalue weighted by atomic mass is 19.1. The summed E-state index contributed by atoms with van der Waals surface area (Å²) in [5, 5.41) is 6.49. The summed E-state index contributed by atoms with van der Waals surface area (Å²) in [6.07, 6.45) is 0. The van der Waals surface area contributed by atoms with Gasteiger partial charge in [0.25, 0.3) is 11.8 Å². The van der Waals surface area contributed by atoms with Crippen molar-refractivity contribution in [1.29, 1.82) is 0 Å². The van der Waals surface area contributed by atoms with Gasteiger partial charge in [0.05, 0.1) is 11.3 Å². The first-order valence-electron chi connectivity index (χ1n) is 9.05. The molecule has 0 saturated heterocycles. The van der Waals surface area contributed by atoms with E-state index in [1.54, 1.807) is 24.3 Å². The summed E-state index contributed by atoms with van der Waals surface area (Å²) in [5.74, 6) is -1.10. The number of hydrogen-bond acceptors (Lipinski definition) is 2. The van der Waals surface area contributed by atoms with Crippen LogP contribution in [0, 0.1) is 5.82 Å². The van der Waals surface area contributed by atoms with E-state index in [0.717, 1.165) is 10.9 Å². The molecule has 3 aromatic carbocycles. The third-order valence-corrected chi connectivity index (χ3v) is 4.71. The summed E-state index contributed by atoms with van der Waals surface area (Å²) in [7, 11) is 1.82. The van der Waals surface area contributed by atoms with Crippen molar-refractivity contribution in [3.63, 3.8) is 0 Å². The lowest BCUT2D eigenvalue weighted by Gasteiger charge is -2.12. The third kappa shape index (κ3) is 3.73. The van der Waals surface area contributed by atoms with Gasteiger partial charge in [0, 0.05) is 23.6 Å². The van der Waals surface area contributed by atoms with Gasteiger partial charge in [0.1, 0.15) is 11.5 Å². The third-order valence-electron chi connectivity index (χ3n) is 4.71. The topological polar surface area (TPSA) is 63.1 Å². The number of anilines is 2. The van der Waals surface area contributed by atoms with E-state index in [1.807, 2.05) is 41.9 Å². The van der Waals surface area contributed by atoms with Gasteiger partial charge in [-0.1, -0.05) is 30.3 Å². The Morgan fingerprint density at radius 2 is 1.52 bits per heavy atom. The molecule has 1 heterocycles. The molecule has 0 saturated carbocycles. The van der Waals surface area contributed by atoms with Crippen molar-refractivity contribution in [2.45, 2.75) is 0 Å². The number of fused-ring (bicyclic) bond motifs is 1. The monoisotopic (exact) mass is 387 g/mol. The maximum Gasteiger partial charge on any atom is 0.272 e. The summed E-state index contributed by atoms with van der Waals surface area (Å²) in [4.78, 5) is 25.6. The minimum Gasteiger partial charge on any atom is -0.340 e. The van der Waals surface area contributed by atoms with E-state index < -0.39 is 5.91 Å². The molecule has 1 aromatic heterocycles. The predicted octanol–water partition coefficient (Wildman–Crippen LogP) is 4.82. The van der Waals surface area contributed by atoms with Crippen LogP contribution in [0.3, 0.4) is 0 Å². The summed E-state index contributed by atoms with van der Waals surface area (Å²) in [5.41, 5.74) is 2.59. The lowest BCUT2D eigenvalue weighted by atomic mass is 10.1. The number of carbonyl (C=O) groups is 2. The molecule has 4 aromatic rings. The second-order valence-electron chi connectivity index (χ2n) is 6.61. The van der Waals surface area contributed by atoms with Gasteiger partial charge >= 0.3 is 0 Å². The van der Waals surface area contributed by atoms with Crippen LogP contribution in [0.1, 0.15) is 20.8 Å². The van der Waals surface area contributed by atoms with Crippen LogP contribution in [0.2, 0.25) is 0 Å². The molecule has 0 bridgehead atoms. The number of nitrogens with zero attached hydrogens (tertiary/aromatic N) is 1. The molecule has 0 aliphatic rings. The Morgan fingerprint density at radius 3 is 2.28 bits per heavy atom. The van der Waals surface area contributed by atoms with Crippen LogP contribution in [0.25, 0.3) is 10.9 Å². The Balaban J connectivity index is 1.59. The first kappa shape index (κ1) is 18.4. The van der Waals surface area contributed by atoms with Crippen LogP contribution in [0.15, 0.2) is 78.9 Å². The lowest BCUT2D eigenvalue weighted by Crippen LogP contribution is -2.19. The molecule has 6 heteroatoms. The first-order chi connectivity index (χ1) is 14.0. The molecule has 29 heavy (non-hydrogen) atoms. The van der Waals surface area contributed by atoms with E-state index in [-0.39, 0.29) is 11.7 Å². The minimum atomic E-state index is -0.399. The van der Waals surface area contributed by atoms with Gasteiger partial charge in [0.15, 0.2) is 0 Å². The van der Waals surface area contributed by atoms with Crippen LogP contribution in [0.4, 0.5) is 15.8 Å². The maximum absolute atomic E-state index is 13.1. The number of nitrogens with one attached hydrogen (secondary N) is 2. The van der Waals surface area contributed by atoms with Gasteiger partial charge in [-0.15, -0.1) is 0 Å². The molecule has 0 aliphatic heterocycles. The number of para-hydroxylation sites is 2. The molecule has 0 spiro atoms. The van der Waals surface area contributed by atoms with Crippen LogP contribution in [-0.4, -0.2) is 16.4 Å². The highest BCUT2D eigenvalue weighted by molar-refractivity contribution is 6.13. The van der Waals surface area contributed by atoms with E-state index >= 15 is 0 Å². The maximum atomic E-state index is 13.1. The minimum absolute atomic E-state index is 0.309. The van der Waals surface area contributed by atoms with Gasteiger partial charge in [-0.3, -0.25) is 9.59 Å². The van der Waals surface area contributed by atoms with E-state index in [9.17, 15) is 14.0 Å². The number of hydrogen-bond donors (Lipinski definition) is 2. The molecule has 4 rings (SSSR count). The average molecular weight is 387 g/mol. The molecular weight excluding hydrogens is 369 g/mol. The summed E-state index contributed by atoms with van der Waals surface area (Å²) < 4.78 is 14.9. The molecule has 0 radical (unpaired) electrons. The normalized spacial score (nSPS) is 10.7. The van der Waals surface area contributed by atoms with Crippen molar-refractivity contribution in [2.24, 2.45) is 7.05 Å². The zero-order valence-electron chi connectivity index (χ0n) is 15.6. The summed E-state index contributed by atoms with van der Waals surface area (Å²) >= 11 is 0. The van der Waals surface area contributed by atoms with Gasteiger partial charge in [0.2, 0.25) is 0 Å². The number of benzene rings is 3. The van der Waals surface area contributed by atoms with E-state index in [0.29, 0.717) is 22.6 Å². The Labute approximate surface area is 166 Å². The number of rotatable bonds is 4. The Kier molecular flexibility index (Phi) is 4.83. The van der Waals surface area contributed by atoms with Crippen LogP contribution in [-0.2, 0) is 7.05 Å². The van der Waals surface area contributed by atoms with Crippen molar-refractivity contribution in [3.05, 3.63) is 95.9 Å². The van der Waals surface area contributed by atoms with Crippen molar-refractivity contribution >= 4 is 34.1 Å². The van der Waals surface area contributed by atoms with E-state index in [1.165, 1.54) is 24.3 Å². The number of carbonyl (C=O) groups excluding carboxylic acids is 2. The zero-order chi connectivity index (χ0) is 20.4. The van der Waals surface area contributed by atoms with Crippen molar-refractivity contribution < 1.29 is 14.0 Å². The molecule has 0 atom stereocenters. The standard InChI is InChI=1S/C23H18FN3O2/c1-27-20-9-5-2-6-15(20)14-21(27)23(29)26-19-8-4-3-7-18(19)22(28)25-17-12-10-16(24)11-13-17/h2-14H,1H3,(H,25,28)(H,26,29). The van der Waals surface area contributed by atoms with Crippen LogP contribution in [0.5, 0.6) is 0 Å². The molecule has 0 aliphatic carbocycles. The number of amides is 2. The van der Waals surface area contributed by atoms with Gasteiger partial charge in [-0.2, -0.15) is 0 Å². The lowest BCUT2D eigenvalue weighted by molar-refractivity contribution is 0.101. The van der Waals surface area contributed by atoms with Crippen molar-refractivity contribution in [3.8, 4) is 0 Å². The fourth-order valence-electron chi connectivity index (χ4n) is 3.21. The Bertz CT molecular complexity index is 1210. The van der Waals surface area contributed by atoms with E-state index in [4.69, 9.17) is 0 Å².